The SMILES string of the molecule is CCN(Cc1cccc(S(=O)(=O)O)c1)c1ccc(C(=C2C=CCC=C2)c2ccccc2S(=O)(=O)O)cc1. The van der Waals surface area contributed by atoms with E-state index in [1.165, 1.54) is 18.2 Å². The summed E-state index contributed by atoms with van der Waals surface area (Å²) in [6.45, 7) is 3.04. The molecule has 0 bridgehead atoms. The van der Waals surface area contributed by atoms with E-state index in [9.17, 15) is 25.9 Å². The van der Waals surface area contributed by atoms with E-state index in [-0.39, 0.29) is 9.79 Å². The van der Waals surface area contributed by atoms with E-state index in [4.69, 9.17) is 0 Å². The third kappa shape index (κ3) is 6.26. The Kier molecular flexibility index (Phi) is 7.79. The molecule has 1 aliphatic carbocycles. The monoisotopic (exact) mass is 537 g/mol. The number of anilines is 1. The number of hydrogen-bond donors (Lipinski definition) is 2. The van der Waals surface area contributed by atoms with Crippen molar-refractivity contribution in [2.45, 2.75) is 29.7 Å². The molecule has 192 valence electrons. The lowest BCUT2D eigenvalue weighted by molar-refractivity contribution is 0.480. The predicted octanol–water partition coefficient (Wildman–Crippen LogP) is 5.52. The van der Waals surface area contributed by atoms with Gasteiger partial charge in [0.25, 0.3) is 20.2 Å². The summed E-state index contributed by atoms with van der Waals surface area (Å²) in [5.41, 5.74) is 4.28. The Labute approximate surface area is 217 Å². The van der Waals surface area contributed by atoms with Gasteiger partial charge in [0.15, 0.2) is 0 Å². The van der Waals surface area contributed by atoms with Crippen molar-refractivity contribution in [1.82, 2.24) is 0 Å². The van der Waals surface area contributed by atoms with Crippen molar-refractivity contribution in [3.8, 4) is 0 Å². The zero-order chi connectivity index (χ0) is 26.6. The van der Waals surface area contributed by atoms with Crippen molar-refractivity contribution in [2.75, 3.05) is 11.4 Å². The standard InChI is InChI=1S/C28H27NO6S2/c1-2-29(20-21-9-8-12-25(19-21)36(30,31)32)24-17-15-23(16-18-24)28(22-10-4-3-5-11-22)26-13-6-7-14-27(26)37(33,34)35/h4-19H,2-3,20H2,1H3,(H,30,31,32)(H,33,34,35). The average molecular weight is 538 g/mol. The van der Waals surface area contributed by atoms with Crippen LogP contribution in [0.15, 0.2) is 112 Å². The minimum absolute atomic E-state index is 0.154. The van der Waals surface area contributed by atoms with Crippen LogP contribution in [0, 0.1) is 0 Å². The molecule has 0 aromatic heterocycles. The van der Waals surface area contributed by atoms with E-state index in [1.807, 2.05) is 60.4 Å². The lowest BCUT2D eigenvalue weighted by Crippen LogP contribution is -2.22. The molecule has 37 heavy (non-hydrogen) atoms. The molecule has 1 aliphatic rings. The first-order valence-electron chi connectivity index (χ1n) is 11.6. The zero-order valence-corrected chi connectivity index (χ0v) is 21.8. The second-order valence-corrected chi connectivity index (χ2v) is 11.3. The number of allylic oxidation sites excluding steroid dienone is 5. The lowest BCUT2D eigenvalue weighted by Gasteiger charge is -2.24. The highest BCUT2D eigenvalue weighted by Gasteiger charge is 2.21. The van der Waals surface area contributed by atoms with E-state index in [1.54, 1.807) is 30.3 Å². The normalized spacial score (nSPS) is 13.5. The molecule has 3 aromatic rings. The minimum Gasteiger partial charge on any atom is -0.367 e. The number of rotatable bonds is 8. The van der Waals surface area contributed by atoms with Crippen LogP contribution in [0.4, 0.5) is 5.69 Å². The Bertz CT molecular complexity index is 1590. The fourth-order valence-corrected chi connectivity index (χ4v) is 5.57. The molecule has 0 fully saturated rings. The third-order valence-corrected chi connectivity index (χ3v) is 7.82. The molecule has 2 N–H and O–H groups in total. The van der Waals surface area contributed by atoms with Gasteiger partial charge in [-0.05, 0) is 65.9 Å². The molecule has 7 nitrogen and oxygen atoms in total. The highest BCUT2D eigenvalue weighted by Crippen LogP contribution is 2.34. The molecule has 0 saturated heterocycles. The predicted molar refractivity (Wildman–Crippen MR) is 145 cm³/mol. The molecule has 0 radical (unpaired) electrons. The summed E-state index contributed by atoms with van der Waals surface area (Å²) in [5.74, 6) is 0. The first kappa shape index (κ1) is 26.6. The average Bonchev–Trinajstić information content (AvgIpc) is 2.88. The van der Waals surface area contributed by atoms with E-state index in [2.05, 4.69) is 0 Å². The van der Waals surface area contributed by atoms with Crippen LogP contribution >= 0.6 is 0 Å². The van der Waals surface area contributed by atoms with Gasteiger partial charge in [0.1, 0.15) is 4.90 Å². The Morgan fingerprint density at radius 2 is 1.51 bits per heavy atom. The first-order valence-corrected chi connectivity index (χ1v) is 14.5. The minimum atomic E-state index is -4.45. The Balaban J connectivity index is 1.73. The fourth-order valence-electron chi connectivity index (χ4n) is 4.32. The summed E-state index contributed by atoms with van der Waals surface area (Å²) in [4.78, 5) is 1.73. The molecule has 9 heteroatoms. The van der Waals surface area contributed by atoms with E-state index >= 15 is 0 Å². The van der Waals surface area contributed by atoms with Crippen molar-refractivity contribution < 1.29 is 25.9 Å². The van der Waals surface area contributed by atoms with Gasteiger partial charge in [0, 0.05) is 24.3 Å². The fraction of sp³-hybridized carbons (Fsp3) is 0.143. The molecular formula is C28H27NO6S2. The molecule has 0 unspecified atom stereocenters. The molecule has 0 atom stereocenters. The maximum Gasteiger partial charge on any atom is 0.295 e. The van der Waals surface area contributed by atoms with E-state index < -0.39 is 20.2 Å². The second kappa shape index (κ2) is 10.9. The van der Waals surface area contributed by atoms with Crippen LogP contribution in [0.2, 0.25) is 0 Å². The van der Waals surface area contributed by atoms with Gasteiger partial charge in [-0.15, -0.1) is 0 Å². The van der Waals surface area contributed by atoms with Crippen LogP contribution in [0.5, 0.6) is 0 Å². The van der Waals surface area contributed by atoms with Crippen molar-refractivity contribution in [2.24, 2.45) is 0 Å². The highest BCUT2D eigenvalue weighted by atomic mass is 32.2. The molecule has 0 saturated carbocycles. The van der Waals surface area contributed by atoms with Crippen LogP contribution in [-0.4, -0.2) is 32.5 Å². The maximum absolute atomic E-state index is 12.2. The third-order valence-electron chi connectivity index (χ3n) is 6.06. The molecule has 4 rings (SSSR count). The second-order valence-electron chi connectivity index (χ2n) is 8.53. The van der Waals surface area contributed by atoms with Crippen LogP contribution in [-0.2, 0) is 26.8 Å². The van der Waals surface area contributed by atoms with Crippen molar-refractivity contribution >= 4 is 31.5 Å². The Morgan fingerprint density at radius 1 is 0.838 bits per heavy atom. The Hall–Kier alpha value is -3.50. The molecule has 3 aromatic carbocycles. The van der Waals surface area contributed by atoms with Gasteiger partial charge in [0.05, 0.1) is 4.90 Å². The highest BCUT2D eigenvalue weighted by molar-refractivity contribution is 7.86. The van der Waals surface area contributed by atoms with Gasteiger partial charge in [0.2, 0.25) is 0 Å². The summed E-state index contributed by atoms with van der Waals surface area (Å²) in [5, 5.41) is 0. The lowest BCUT2D eigenvalue weighted by atomic mass is 9.91. The van der Waals surface area contributed by atoms with E-state index in [0.717, 1.165) is 28.8 Å². The van der Waals surface area contributed by atoms with Gasteiger partial charge in [-0.3, -0.25) is 9.11 Å². The molecular weight excluding hydrogens is 510 g/mol. The van der Waals surface area contributed by atoms with Crippen molar-refractivity contribution in [3.05, 3.63) is 119 Å². The molecule has 0 aliphatic heterocycles. The smallest absolute Gasteiger partial charge is 0.295 e. The Morgan fingerprint density at radius 3 is 2.14 bits per heavy atom. The zero-order valence-electron chi connectivity index (χ0n) is 20.2. The van der Waals surface area contributed by atoms with Crippen LogP contribution in [0.3, 0.4) is 0 Å². The summed E-state index contributed by atoms with van der Waals surface area (Å²) >= 11 is 0. The van der Waals surface area contributed by atoms with Gasteiger partial charge >= 0.3 is 0 Å². The van der Waals surface area contributed by atoms with Crippen LogP contribution in [0.25, 0.3) is 5.57 Å². The van der Waals surface area contributed by atoms with Gasteiger partial charge in [-0.2, -0.15) is 16.8 Å². The van der Waals surface area contributed by atoms with Crippen molar-refractivity contribution in [1.29, 1.82) is 0 Å². The summed E-state index contributed by atoms with van der Waals surface area (Å²) in [6, 6.07) is 20.2. The first-order chi connectivity index (χ1) is 17.6. The van der Waals surface area contributed by atoms with Crippen LogP contribution < -0.4 is 4.90 Å². The number of hydrogen-bond acceptors (Lipinski definition) is 5. The van der Waals surface area contributed by atoms with E-state index in [0.29, 0.717) is 24.2 Å². The van der Waals surface area contributed by atoms with Gasteiger partial charge in [-0.25, -0.2) is 0 Å². The quantitative estimate of drug-likeness (QED) is 0.364. The van der Waals surface area contributed by atoms with Gasteiger partial charge in [-0.1, -0.05) is 66.8 Å². The maximum atomic E-state index is 12.2. The number of nitrogens with zero attached hydrogens (tertiary/aromatic N) is 1. The largest absolute Gasteiger partial charge is 0.367 e. The summed E-state index contributed by atoms with van der Waals surface area (Å²) in [7, 11) is -8.74. The molecule has 0 heterocycles. The number of benzene rings is 3. The summed E-state index contributed by atoms with van der Waals surface area (Å²) < 4.78 is 66.6. The topological polar surface area (TPSA) is 112 Å². The molecule has 0 spiro atoms. The molecule has 0 amide bonds. The van der Waals surface area contributed by atoms with Crippen molar-refractivity contribution in [3.63, 3.8) is 0 Å². The summed E-state index contributed by atoms with van der Waals surface area (Å²) in [6.07, 6.45) is 8.62. The van der Waals surface area contributed by atoms with Gasteiger partial charge < -0.3 is 4.90 Å². The van der Waals surface area contributed by atoms with Crippen LogP contribution in [0.1, 0.15) is 30.0 Å².